The van der Waals surface area contributed by atoms with Gasteiger partial charge in [0.2, 0.25) is 17.7 Å². The van der Waals surface area contributed by atoms with E-state index in [1.807, 2.05) is 13.8 Å². The van der Waals surface area contributed by atoms with Crippen LogP contribution in [0, 0.1) is 11.8 Å². The molecule has 2 fully saturated rings. The molecule has 0 radical (unpaired) electrons. The Balaban J connectivity index is 2.09. The molecule has 3 amide bonds. The first kappa shape index (κ1) is 24.1. The fourth-order valence-electron chi connectivity index (χ4n) is 4.11. The van der Waals surface area contributed by atoms with Gasteiger partial charge in [-0.2, -0.15) is 0 Å². The van der Waals surface area contributed by atoms with Crippen molar-refractivity contribution in [1.82, 2.24) is 20.9 Å². The van der Waals surface area contributed by atoms with Gasteiger partial charge in [-0.25, -0.2) is 4.79 Å². The third-order valence-electron chi connectivity index (χ3n) is 6.22. The van der Waals surface area contributed by atoms with Crippen molar-refractivity contribution in [2.24, 2.45) is 11.8 Å². The van der Waals surface area contributed by atoms with Gasteiger partial charge in [0.05, 0.1) is 6.04 Å². The molecule has 0 aromatic rings. The van der Waals surface area contributed by atoms with Crippen molar-refractivity contribution in [3.8, 4) is 0 Å². The average molecular weight is 425 g/mol. The summed E-state index contributed by atoms with van der Waals surface area (Å²) < 4.78 is 0. The minimum atomic E-state index is -1.11. The van der Waals surface area contributed by atoms with Crippen molar-refractivity contribution < 1.29 is 24.3 Å². The zero-order chi connectivity index (χ0) is 22.4. The lowest BCUT2D eigenvalue weighted by atomic mass is 9.96. The summed E-state index contributed by atoms with van der Waals surface area (Å²) in [6.07, 6.45) is 3.65. The molecule has 0 spiro atoms. The smallest absolute Gasteiger partial charge is 0.326 e. The molecule has 2 aliphatic heterocycles. The third-order valence-corrected chi connectivity index (χ3v) is 6.22. The van der Waals surface area contributed by atoms with Crippen molar-refractivity contribution in [3.05, 3.63) is 0 Å². The molecule has 9 heteroatoms. The van der Waals surface area contributed by atoms with Gasteiger partial charge in [0.25, 0.3) is 0 Å². The molecule has 2 aliphatic rings. The highest BCUT2D eigenvalue weighted by molar-refractivity contribution is 5.94. The van der Waals surface area contributed by atoms with E-state index in [-0.39, 0.29) is 29.7 Å². The Morgan fingerprint density at radius 1 is 1.07 bits per heavy atom. The zero-order valence-corrected chi connectivity index (χ0v) is 18.4. The molecular weight excluding hydrogens is 388 g/mol. The summed E-state index contributed by atoms with van der Waals surface area (Å²) in [6, 6.07) is -2.72. The summed E-state index contributed by atoms with van der Waals surface area (Å²) in [4.78, 5) is 51.8. The molecule has 0 bridgehead atoms. The van der Waals surface area contributed by atoms with Gasteiger partial charge in [0.15, 0.2) is 0 Å². The van der Waals surface area contributed by atoms with Crippen LogP contribution in [-0.2, 0) is 19.2 Å². The summed E-state index contributed by atoms with van der Waals surface area (Å²) in [6.45, 7) is 8.52. The lowest BCUT2D eigenvalue weighted by molar-refractivity contribution is -0.144. The van der Waals surface area contributed by atoms with E-state index in [1.54, 1.807) is 18.7 Å². The third kappa shape index (κ3) is 5.71. The number of carboxylic acids is 1. The van der Waals surface area contributed by atoms with E-state index in [1.165, 1.54) is 0 Å². The van der Waals surface area contributed by atoms with E-state index in [2.05, 4.69) is 16.0 Å². The molecule has 0 aliphatic carbocycles. The van der Waals surface area contributed by atoms with Crippen molar-refractivity contribution in [1.29, 1.82) is 0 Å². The Hall–Kier alpha value is -2.16. The van der Waals surface area contributed by atoms with E-state index in [9.17, 15) is 24.3 Å². The lowest BCUT2D eigenvalue weighted by Gasteiger charge is -2.30. The number of carbonyl (C=O) groups is 4. The number of likely N-dealkylation sites (tertiary alicyclic amines) is 1. The number of rotatable bonds is 9. The Bertz CT molecular complexity index is 647. The molecule has 2 rings (SSSR count). The SMILES string of the molecule is CCC(C)C(NC(=O)C1CCCN1C(=O)C1CCCN1)C(=O)NC(C(=O)O)C(C)C. The predicted octanol–water partition coefficient (Wildman–Crippen LogP) is 0.486. The van der Waals surface area contributed by atoms with Crippen LogP contribution in [0.3, 0.4) is 0 Å². The maximum absolute atomic E-state index is 13.0. The monoisotopic (exact) mass is 424 g/mol. The van der Waals surface area contributed by atoms with Crippen LogP contribution in [0.1, 0.15) is 59.8 Å². The van der Waals surface area contributed by atoms with E-state index in [0.717, 1.165) is 25.8 Å². The molecule has 2 saturated heterocycles. The number of nitrogens with one attached hydrogen (secondary N) is 3. The minimum absolute atomic E-state index is 0.0551. The van der Waals surface area contributed by atoms with Gasteiger partial charge in [-0.1, -0.05) is 34.1 Å². The normalized spacial score (nSPS) is 24.4. The molecule has 0 aromatic carbocycles. The first-order chi connectivity index (χ1) is 14.2. The van der Waals surface area contributed by atoms with Crippen LogP contribution >= 0.6 is 0 Å². The van der Waals surface area contributed by atoms with Gasteiger partial charge in [0.1, 0.15) is 18.1 Å². The highest BCUT2D eigenvalue weighted by atomic mass is 16.4. The quantitative estimate of drug-likeness (QED) is 0.426. The van der Waals surface area contributed by atoms with Crippen molar-refractivity contribution in [2.75, 3.05) is 13.1 Å². The molecule has 170 valence electrons. The van der Waals surface area contributed by atoms with E-state index in [4.69, 9.17) is 0 Å². The zero-order valence-electron chi connectivity index (χ0n) is 18.4. The number of carbonyl (C=O) groups excluding carboxylic acids is 3. The Morgan fingerprint density at radius 3 is 2.30 bits per heavy atom. The van der Waals surface area contributed by atoms with Gasteiger partial charge in [-0.05, 0) is 44.1 Å². The summed E-state index contributed by atoms with van der Waals surface area (Å²) in [7, 11) is 0. The van der Waals surface area contributed by atoms with Gasteiger partial charge in [0, 0.05) is 6.54 Å². The standard InChI is InChI=1S/C21H36N4O5/c1-5-13(4)17(19(27)23-16(12(2)3)21(29)30)24-18(26)15-9-7-11-25(15)20(28)14-8-6-10-22-14/h12-17,22H,5-11H2,1-4H3,(H,23,27)(H,24,26)(H,29,30). The summed E-state index contributed by atoms with van der Waals surface area (Å²) in [5.41, 5.74) is 0. The maximum atomic E-state index is 13.0. The van der Waals surface area contributed by atoms with Gasteiger partial charge < -0.3 is 26.0 Å². The average Bonchev–Trinajstić information content (AvgIpc) is 3.40. The largest absolute Gasteiger partial charge is 0.480 e. The first-order valence-corrected chi connectivity index (χ1v) is 11.0. The maximum Gasteiger partial charge on any atom is 0.326 e. The van der Waals surface area contributed by atoms with E-state index in [0.29, 0.717) is 19.4 Å². The lowest BCUT2D eigenvalue weighted by Crippen LogP contribution is -2.58. The van der Waals surface area contributed by atoms with Crippen LogP contribution in [-0.4, -0.2) is 71.0 Å². The van der Waals surface area contributed by atoms with Crippen LogP contribution in [0.2, 0.25) is 0 Å². The molecule has 30 heavy (non-hydrogen) atoms. The van der Waals surface area contributed by atoms with Gasteiger partial charge >= 0.3 is 5.97 Å². The Kier molecular flexibility index (Phi) is 8.64. The van der Waals surface area contributed by atoms with Crippen LogP contribution in [0.5, 0.6) is 0 Å². The van der Waals surface area contributed by atoms with Gasteiger partial charge in [-0.15, -0.1) is 0 Å². The molecule has 0 saturated carbocycles. The molecule has 9 nitrogen and oxygen atoms in total. The highest BCUT2D eigenvalue weighted by Gasteiger charge is 2.40. The summed E-state index contributed by atoms with van der Waals surface area (Å²) in [5, 5.41) is 17.9. The fourth-order valence-corrected chi connectivity index (χ4v) is 4.11. The van der Waals surface area contributed by atoms with Crippen molar-refractivity contribution in [2.45, 2.75) is 84.0 Å². The minimum Gasteiger partial charge on any atom is -0.480 e. The molecule has 4 N–H and O–H groups in total. The molecular formula is C21H36N4O5. The summed E-state index contributed by atoms with van der Waals surface area (Å²) in [5.74, 6) is -2.49. The molecule has 0 aromatic heterocycles. The summed E-state index contributed by atoms with van der Waals surface area (Å²) >= 11 is 0. The number of hydrogen-bond acceptors (Lipinski definition) is 5. The topological polar surface area (TPSA) is 128 Å². The van der Waals surface area contributed by atoms with Crippen molar-refractivity contribution in [3.63, 3.8) is 0 Å². The van der Waals surface area contributed by atoms with Crippen LogP contribution < -0.4 is 16.0 Å². The second kappa shape index (κ2) is 10.7. The fraction of sp³-hybridized carbons (Fsp3) is 0.810. The predicted molar refractivity (Wildman–Crippen MR) is 112 cm³/mol. The number of hydrogen-bond donors (Lipinski definition) is 4. The Morgan fingerprint density at radius 2 is 1.77 bits per heavy atom. The Labute approximate surface area is 178 Å². The van der Waals surface area contributed by atoms with E-state index < -0.39 is 30.0 Å². The number of aliphatic carboxylic acids is 1. The second-order valence-electron chi connectivity index (χ2n) is 8.78. The number of nitrogens with zero attached hydrogens (tertiary/aromatic N) is 1. The van der Waals surface area contributed by atoms with Crippen LogP contribution in [0.15, 0.2) is 0 Å². The van der Waals surface area contributed by atoms with E-state index >= 15 is 0 Å². The second-order valence-corrected chi connectivity index (χ2v) is 8.78. The molecule has 2 heterocycles. The first-order valence-electron chi connectivity index (χ1n) is 11.0. The molecule has 5 unspecified atom stereocenters. The van der Waals surface area contributed by atoms with Crippen molar-refractivity contribution >= 4 is 23.7 Å². The number of carboxylic acid groups (broad SMARTS) is 1. The van der Waals surface area contributed by atoms with Gasteiger partial charge in [-0.3, -0.25) is 14.4 Å². The van der Waals surface area contributed by atoms with Crippen LogP contribution in [0.25, 0.3) is 0 Å². The highest BCUT2D eigenvalue weighted by Crippen LogP contribution is 2.21. The van der Waals surface area contributed by atoms with Crippen LogP contribution in [0.4, 0.5) is 0 Å². The molecule has 5 atom stereocenters. The number of amides is 3.